The van der Waals surface area contributed by atoms with Crippen LogP contribution in [0.5, 0.6) is 0 Å². The first-order chi connectivity index (χ1) is 17.2. The van der Waals surface area contributed by atoms with E-state index in [0.717, 1.165) is 22.0 Å². The molecule has 0 fully saturated rings. The molecule has 0 saturated heterocycles. The van der Waals surface area contributed by atoms with Crippen LogP contribution in [-0.2, 0) is 0 Å². The summed E-state index contributed by atoms with van der Waals surface area (Å²) in [6, 6.07) is 17.0. The van der Waals surface area contributed by atoms with E-state index in [-0.39, 0.29) is 23.2 Å². The number of furan rings is 1. The molecule has 0 atom stereocenters. The maximum atomic E-state index is 13.6. The van der Waals surface area contributed by atoms with Crippen LogP contribution in [0.3, 0.4) is 0 Å². The topological polar surface area (TPSA) is 87.1 Å². The van der Waals surface area contributed by atoms with Gasteiger partial charge in [-0.15, -0.1) is 0 Å². The maximum Gasteiger partial charge on any atom is 0.255 e. The molecule has 0 aliphatic heterocycles. The van der Waals surface area contributed by atoms with E-state index in [2.05, 4.69) is 15.6 Å². The third-order valence-electron chi connectivity index (χ3n) is 5.98. The summed E-state index contributed by atoms with van der Waals surface area (Å²) in [5.74, 6) is -0.488. The predicted molar refractivity (Wildman–Crippen MR) is 140 cm³/mol. The highest BCUT2D eigenvalue weighted by Crippen LogP contribution is 2.41. The van der Waals surface area contributed by atoms with Crippen molar-refractivity contribution in [1.29, 1.82) is 0 Å². The van der Waals surface area contributed by atoms with Crippen LogP contribution in [0.25, 0.3) is 44.3 Å². The fourth-order valence-corrected chi connectivity index (χ4v) is 4.40. The zero-order chi connectivity index (χ0) is 25.6. The van der Waals surface area contributed by atoms with Gasteiger partial charge in [0, 0.05) is 46.2 Å². The van der Waals surface area contributed by atoms with Gasteiger partial charge in [0.2, 0.25) is 0 Å². The molecule has 3 aromatic carbocycles. The molecule has 7 heteroatoms. The largest absolute Gasteiger partial charge is 0.454 e. The van der Waals surface area contributed by atoms with E-state index in [1.165, 1.54) is 12.1 Å². The SMILES string of the molecule is CNC(=O)c1c(-c2ccc(F)cc2)oc2c1cc(-c1cccc(C(=O)NC(C)(C)C)c1)c1[nH]ccc12. The summed E-state index contributed by atoms with van der Waals surface area (Å²) >= 11 is 0. The van der Waals surface area contributed by atoms with E-state index in [1.807, 2.05) is 57.3 Å². The van der Waals surface area contributed by atoms with Crippen LogP contribution in [0.1, 0.15) is 41.5 Å². The number of rotatable bonds is 4. The smallest absolute Gasteiger partial charge is 0.255 e. The average Bonchev–Trinajstić information content (AvgIpc) is 3.47. The zero-order valence-electron chi connectivity index (χ0n) is 20.5. The molecule has 0 bridgehead atoms. The highest BCUT2D eigenvalue weighted by Gasteiger charge is 2.25. The zero-order valence-corrected chi connectivity index (χ0v) is 20.5. The Balaban J connectivity index is 1.75. The van der Waals surface area contributed by atoms with E-state index in [9.17, 15) is 14.0 Å². The third-order valence-corrected chi connectivity index (χ3v) is 5.98. The van der Waals surface area contributed by atoms with Crippen molar-refractivity contribution in [2.24, 2.45) is 0 Å². The molecule has 36 heavy (non-hydrogen) atoms. The predicted octanol–water partition coefficient (Wildman–Crippen LogP) is 6.28. The molecule has 5 aromatic rings. The lowest BCUT2D eigenvalue weighted by atomic mass is 9.96. The van der Waals surface area contributed by atoms with E-state index in [1.54, 1.807) is 25.2 Å². The number of benzene rings is 3. The van der Waals surface area contributed by atoms with Crippen molar-refractivity contribution in [2.75, 3.05) is 7.05 Å². The van der Waals surface area contributed by atoms with E-state index in [4.69, 9.17) is 4.42 Å². The summed E-state index contributed by atoms with van der Waals surface area (Å²) < 4.78 is 19.8. The quantitative estimate of drug-likeness (QED) is 0.281. The van der Waals surface area contributed by atoms with E-state index < -0.39 is 0 Å². The van der Waals surface area contributed by atoms with Crippen LogP contribution in [-0.4, -0.2) is 29.4 Å². The lowest BCUT2D eigenvalue weighted by Crippen LogP contribution is -2.40. The van der Waals surface area contributed by atoms with Gasteiger partial charge in [0.1, 0.15) is 17.2 Å². The highest BCUT2D eigenvalue weighted by molar-refractivity contribution is 6.19. The van der Waals surface area contributed by atoms with Crippen LogP contribution < -0.4 is 10.6 Å². The summed E-state index contributed by atoms with van der Waals surface area (Å²) in [6.07, 6.45) is 1.81. The normalized spacial score (nSPS) is 11.7. The molecule has 2 aromatic heterocycles. The molecule has 0 spiro atoms. The molecular weight excluding hydrogens is 457 g/mol. The molecule has 0 aliphatic rings. The standard InChI is InChI=1S/C29H26FN3O3/c1-29(2,3)33-27(34)18-7-5-6-17(14-18)21-15-22-23(28(35)31-4)25(16-8-10-19(30)11-9-16)36-26(22)20-12-13-32-24(20)21/h5-15,32H,1-4H3,(H,31,35)(H,33,34). The van der Waals surface area contributed by atoms with Crippen LogP contribution >= 0.6 is 0 Å². The van der Waals surface area contributed by atoms with Gasteiger partial charge in [-0.3, -0.25) is 9.59 Å². The first kappa shape index (κ1) is 23.4. The second kappa shape index (κ2) is 8.68. The number of carbonyl (C=O) groups excluding carboxylic acids is 2. The number of aromatic amines is 1. The minimum absolute atomic E-state index is 0.166. The first-order valence-corrected chi connectivity index (χ1v) is 11.6. The van der Waals surface area contributed by atoms with Crippen molar-refractivity contribution < 1.29 is 18.4 Å². The third kappa shape index (κ3) is 4.13. The molecule has 6 nitrogen and oxygen atoms in total. The molecule has 0 saturated carbocycles. The number of amides is 2. The molecular formula is C29H26FN3O3. The van der Waals surface area contributed by atoms with Crippen molar-refractivity contribution in [3.63, 3.8) is 0 Å². The summed E-state index contributed by atoms with van der Waals surface area (Å²) in [6.45, 7) is 5.80. The van der Waals surface area contributed by atoms with E-state index >= 15 is 0 Å². The van der Waals surface area contributed by atoms with Gasteiger partial charge in [0.05, 0.1) is 11.1 Å². The van der Waals surface area contributed by atoms with Gasteiger partial charge < -0.3 is 20.0 Å². The molecule has 3 N–H and O–H groups in total. The Kier molecular flexibility index (Phi) is 5.63. The number of nitrogens with one attached hydrogen (secondary N) is 3. The number of carbonyl (C=O) groups is 2. The molecule has 2 amide bonds. The van der Waals surface area contributed by atoms with Gasteiger partial charge in [-0.2, -0.15) is 0 Å². The first-order valence-electron chi connectivity index (χ1n) is 11.6. The highest BCUT2D eigenvalue weighted by atomic mass is 19.1. The minimum atomic E-state index is -0.373. The Labute approximate surface area is 207 Å². The van der Waals surface area contributed by atoms with Crippen LogP contribution in [0.2, 0.25) is 0 Å². The molecule has 0 radical (unpaired) electrons. The van der Waals surface area contributed by atoms with Crippen molar-refractivity contribution in [3.8, 4) is 22.5 Å². The van der Waals surface area contributed by atoms with Gasteiger partial charge >= 0.3 is 0 Å². The molecule has 5 rings (SSSR count). The van der Waals surface area contributed by atoms with Crippen LogP contribution in [0.4, 0.5) is 4.39 Å². The van der Waals surface area contributed by atoms with Gasteiger partial charge in [0.25, 0.3) is 11.8 Å². The Bertz CT molecular complexity index is 1620. The van der Waals surface area contributed by atoms with Gasteiger partial charge in [0.15, 0.2) is 0 Å². The lowest BCUT2D eigenvalue weighted by molar-refractivity contribution is 0.0918. The summed E-state index contributed by atoms with van der Waals surface area (Å²) in [7, 11) is 1.56. The average molecular weight is 484 g/mol. The number of fused-ring (bicyclic) bond motifs is 3. The number of H-pyrrole nitrogens is 1. The van der Waals surface area contributed by atoms with Crippen LogP contribution in [0.15, 0.2) is 71.3 Å². The minimum Gasteiger partial charge on any atom is -0.454 e. The van der Waals surface area contributed by atoms with Gasteiger partial charge in [-0.25, -0.2) is 4.39 Å². The number of aromatic nitrogens is 1. The Morgan fingerprint density at radius 3 is 2.36 bits per heavy atom. The Hall–Kier alpha value is -4.39. The lowest BCUT2D eigenvalue weighted by Gasteiger charge is -2.20. The maximum absolute atomic E-state index is 13.6. The van der Waals surface area contributed by atoms with Crippen molar-refractivity contribution in [3.05, 3.63) is 83.8 Å². The van der Waals surface area contributed by atoms with Crippen molar-refractivity contribution in [2.45, 2.75) is 26.3 Å². The molecule has 182 valence electrons. The van der Waals surface area contributed by atoms with Crippen molar-refractivity contribution >= 4 is 33.7 Å². The Morgan fingerprint density at radius 1 is 0.917 bits per heavy atom. The van der Waals surface area contributed by atoms with Crippen molar-refractivity contribution in [1.82, 2.24) is 15.6 Å². The number of halogens is 1. The summed E-state index contributed by atoms with van der Waals surface area (Å²) in [5, 5.41) is 7.11. The Morgan fingerprint density at radius 2 is 1.67 bits per heavy atom. The fraction of sp³-hybridized carbons (Fsp3) is 0.172. The monoisotopic (exact) mass is 483 g/mol. The second-order valence-corrected chi connectivity index (χ2v) is 9.74. The second-order valence-electron chi connectivity index (χ2n) is 9.74. The number of hydrogen-bond donors (Lipinski definition) is 3. The van der Waals surface area contributed by atoms with Gasteiger partial charge in [-0.1, -0.05) is 12.1 Å². The molecule has 0 aliphatic carbocycles. The summed E-state index contributed by atoms with van der Waals surface area (Å²) in [5.41, 5.74) is 4.14. The molecule has 2 heterocycles. The van der Waals surface area contributed by atoms with Gasteiger partial charge in [-0.05, 0) is 74.9 Å². The number of hydrogen-bond acceptors (Lipinski definition) is 3. The summed E-state index contributed by atoms with van der Waals surface area (Å²) in [4.78, 5) is 29.1. The van der Waals surface area contributed by atoms with E-state index in [0.29, 0.717) is 33.4 Å². The fourth-order valence-electron chi connectivity index (χ4n) is 4.40. The molecule has 0 unspecified atom stereocenters. The van der Waals surface area contributed by atoms with Crippen LogP contribution in [0, 0.1) is 5.82 Å².